The zero-order chi connectivity index (χ0) is 20.4. The first-order valence-corrected chi connectivity index (χ1v) is 12.5. The minimum atomic E-state index is -3.28. The summed E-state index contributed by atoms with van der Waals surface area (Å²) in [7, 11) is -3.28. The van der Waals surface area contributed by atoms with Crippen molar-refractivity contribution >= 4 is 49.8 Å². The molecule has 1 amide bonds. The fraction of sp³-hybridized carbons (Fsp3) is 0.400. The second-order valence-electron chi connectivity index (χ2n) is 8.24. The summed E-state index contributed by atoms with van der Waals surface area (Å²) < 4.78 is 29.2. The predicted octanol–water partition coefficient (Wildman–Crippen LogP) is 4.40. The van der Waals surface area contributed by atoms with Gasteiger partial charge in [0.15, 0.2) is 21.3 Å². The van der Waals surface area contributed by atoms with E-state index in [1.165, 1.54) is 6.07 Å². The van der Waals surface area contributed by atoms with Crippen molar-refractivity contribution in [2.75, 3.05) is 6.26 Å². The number of rotatable bonds is 4. The van der Waals surface area contributed by atoms with E-state index >= 15 is 0 Å². The van der Waals surface area contributed by atoms with Gasteiger partial charge in [-0.3, -0.25) is 4.79 Å². The van der Waals surface area contributed by atoms with Crippen LogP contribution in [0.2, 0.25) is 5.02 Å². The molecule has 1 spiro atoms. The molecule has 29 heavy (non-hydrogen) atoms. The Bertz CT molecular complexity index is 1220. The van der Waals surface area contributed by atoms with E-state index in [0.717, 1.165) is 60.3 Å². The zero-order valence-electron chi connectivity index (χ0n) is 15.6. The standard InChI is InChI=1S/C20H19ClN2O4S2/c1-29(25,26)17-5-4-16(28-17)18(24)22-13-9-20(10-13)7-11(8-20)19-23-14-6-12(21)2-3-15(14)27-19/h2-6,11,13H,7-10H2,1H3,(H,22,24). The summed E-state index contributed by atoms with van der Waals surface area (Å²) in [5.74, 6) is 0.885. The van der Waals surface area contributed by atoms with Gasteiger partial charge in [-0.25, -0.2) is 13.4 Å². The fourth-order valence-electron chi connectivity index (χ4n) is 4.57. The van der Waals surface area contributed by atoms with E-state index in [2.05, 4.69) is 10.3 Å². The van der Waals surface area contributed by atoms with E-state index in [-0.39, 0.29) is 21.6 Å². The lowest BCUT2D eigenvalue weighted by atomic mass is 9.50. The van der Waals surface area contributed by atoms with Gasteiger partial charge in [-0.2, -0.15) is 0 Å². The minimum Gasteiger partial charge on any atom is -0.440 e. The van der Waals surface area contributed by atoms with Gasteiger partial charge in [0, 0.05) is 23.2 Å². The third-order valence-corrected chi connectivity index (χ3v) is 9.08. The van der Waals surface area contributed by atoms with Crippen LogP contribution >= 0.6 is 22.9 Å². The number of oxazole rings is 1. The molecule has 0 saturated heterocycles. The molecule has 0 atom stereocenters. The first kappa shape index (κ1) is 19.1. The summed E-state index contributed by atoms with van der Waals surface area (Å²) in [6, 6.07) is 8.65. The monoisotopic (exact) mass is 450 g/mol. The second-order valence-corrected chi connectivity index (χ2v) is 12.0. The van der Waals surface area contributed by atoms with Crippen LogP contribution in [0.3, 0.4) is 0 Å². The Morgan fingerprint density at radius 2 is 2.00 bits per heavy atom. The van der Waals surface area contributed by atoms with Gasteiger partial charge in [0.25, 0.3) is 5.91 Å². The maximum Gasteiger partial charge on any atom is 0.261 e. The molecule has 152 valence electrons. The number of hydrogen-bond acceptors (Lipinski definition) is 6. The highest BCUT2D eigenvalue weighted by molar-refractivity contribution is 7.92. The third-order valence-electron chi connectivity index (χ3n) is 5.94. The number of carbonyl (C=O) groups is 1. The molecule has 2 fully saturated rings. The summed E-state index contributed by atoms with van der Waals surface area (Å²) in [5, 5.41) is 3.67. The number of carbonyl (C=O) groups excluding carboxylic acids is 1. The molecular formula is C20H19ClN2O4S2. The first-order valence-electron chi connectivity index (χ1n) is 9.38. The zero-order valence-corrected chi connectivity index (χ0v) is 18.0. The van der Waals surface area contributed by atoms with Gasteiger partial charge in [0.2, 0.25) is 0 Å². The van der Waals surface area contributed by atoms with Crippen molar-refractivity contribution in [2.24, 2.45) is 5.41 Å². The van der Waals surface area contributed by atoms with E-state index in [1.807, 2.05) is 12.1 Å². The second kappa shape index (κ2) is 6.55. The fourth-order valence-corrected chi connectivity index (χ4v) is 6.57. The minimum absolute atomic E-state index is 0.134. The smallest absolute Gasteiger partial charge is 0.261 e. The van der Waals surface area contributed by atoms with Crippen molar-refractivity contribution in [1.82, 2.24) is 10.3 Å². The van der Waals surface area contributed by atoms with Crippen molar-refractivity contribution in [2.45, 2.75) is 41.9 Å². The van der Waals surface area contributed by atoms with Gasteiger partial charge in [0.1, 0.15) is 9.73 Å². The summed E-state index contributed by atoms with van der Waals surface area (Å²) in [6.07, 6.45) is 5.04. The summed E-state index contributed by atoms with van der Waals surface area (Å²) in [4.78, 5) is 17.4. The van der Waals surface area contributed by atoms with Crippen molar-refractivity contribution in [3.63, 3.8) is 0 Å². The number of halogens is 1. The number of fused-ring (bicyclic) bond motifs is 1. The van der Waals surface area contributed by atoms with Crippen LogP contribution in [0.25, 0.3) is 11.1 Å². The van der Waals surface area contributed by atoms with Gasteiger partial charge in [-0.1, -0.05) is 11.6 Å². The highest BCUT2D eigenvalue weighted by atomic mass is 35.5. The normalized spacial score (nSPS) is 26.3. The summed E-state index contributed by atoms with van der Waals surface area (Å²) >= 11 is 7.03. The maximum absolute atomic E-state index is 12.4. The van der Waals surface area contributed by atoms with E-state index < -0.39 is 9.84 Å². The quantitative estimate of drug-likeness (QED) is 0.636. The highest BCUT2D eigenvalue weighted by Crippen LogP contribution is 2.61. The topological polar surface area (TPSA) is 89.3 Å². The molecule has 2 aromatic heterocycles. The predicted molar refractivity (Wildman–Crippen MR) is 111 cm³/mol. The molecule has 6 nitrogen and oxygen atoms in total. The van der Waals surface area contributed by atoms with Crippen molar-refractivity contribution < 1.29 is 17.6 Å². The molecular weight excluding hydrogens is 432 g/mol. The maximum atomic E-state index is 12.4. The molecule has 2 aliphatic rings. The Morgan fingerprint density at radius 1 is 1.24 bits per heavy atom. The van der Waals surface area contributed by atoms with Gasteiger partial charge in [-0.15, -0.1) is 11.3 Å². The molecule has 5 rings (SSSR count). The van der Waals surface area contributed by atoms with E-state index in [1.54, 1.807) is 12.1 Å². The van der Waals surface area contributed by atoms with Crippen LogP contribution in [0.4, 0.5) is 0 Å². The third kappa shape index (κ3) is 3.47. The van der Waals surface area contributed by atoms with Gasteiger partial charge in [-0.05, 0) is 61.4 Å². The number of aromatic nitrogens is 1. The Hall–Kier alpha value is -1.90. The Labute approximate surface area is 177 Å². The van der Waals surface area contributed by atoms with Crippen LogP contribution in [0, 0.1) is 5.41 Å². The average Bonchev–Trinajstić information content (AvgIpc) is 3.21. The molecule has 2 heterocycles. The van der Waals surface area contributed by atoms with Crippen LogP contribution in [0.15, 0.2) is 39.0 Å². The molecule has 2 saturated carbocycles. The molecule has 0 radical (unpaired) electrons. The summed E-state index contributed by atoms with van der Waals surface area (Å²) in [6.45, 7) is 0. The van der Waals surface area contributed by atoms with Gasteiger partial charge < -0.3 is 9.73 Å². The van der Waals surface area contributed by atoms with Crippen LogP contribution in [-0.4, -0.2) is 31.6 Å². The Kier molecular flexibility index (Phi) is 4.31. The van der Waals surface area contributed by atoms with E-state index in [0.29, 0.717) is 15.8 Å². The lowest BCUT2D eigenvalue weighted by Gasteiger charge is -2.57. The van der Waals surface area contributed by atoms with Crippen molar-refractivity contribution in [3.05, 3.63) is 46.1 Å². The SMILES string of the molecule is CS(=O)(=O)c1ccc(C(=O)NC2CC3(C2)CC(c2nc4cc(Cl)ccc4o2)C3)s1. The van der Waals surface area contributed by atoms with Gasteiger partial charge >= 0.3 is 0 Å². The number of thiophene rings is 1. The highest BCUT2D eigenvalue weighted by Gasteiger charge is 2.54. The van der Waals surface area contributed by atoms with Gasteiger partial charge in [0.05, 0.1) is 4.88 Å². The lowest BCUT2D eigenvalue weighted by molar-refractivity contribution is -0.0253. The van der Waals surface area contributed by atoms with Crippen LogP contribution in [-0.2, 0) is 9.84 Å². The molecule has 0 bridgehead atoms. The van der Waals surface area contributed by atoms with Crippen molar-refractivity contribution in [3.8, 4) is 0 Å². The molecule has 1 aromatic carbocycles. The molecule has 2 aliphatic carbocycles. The molecule has 9 heteroatoms. The van der Waals surface area contributed by atoms with Crippen LogP contribution < -0.4 is 5.32 Å². The molecule has 0 unspecified atom stereocenters. The Morgan fingerprint density at radius 3 is 2.69 bits per heavy atom. The number of amides is 1. The molecule has 0 aliphatic heterocycles. The Balaban J connectivity index is 1.16. The van der Waals surface area contributed by atoms with E-state index in [9.17, 15) is 13.2 Å². The largest absolute Gasteiger partial charge is 0.440 e. The molecule has 3 aromatic rings. The number of sulfone groups is 1. The lowest BCUT2D eigenvalue weighted by Crippen LogP contribution is -2.55. The first-order chi connectivity index (χ1) is 13.7. The van der Waals surface area contributed by atoms with Crippen LogP contribution in [0.5, 0.6) is 0 Å². The number of nitrogens with one attached hydrogen (secondary N) is 1. The number of nitrogens with zero attached hydrogens (tertiary/aromatic N) is 1. The molecule has 1 N–H and O–H groups in total. The number of hydrogen-bond donors (Lipinski definition) is 1. The summed E-state index contributed by atoms with van der Waals surface area (Å²) in [5.41, 5.74) is 1.80. The number of benzene rings is 1. The van der Waals surface area contributed by atoms with Crippen LogP contribution in [0.1, 0.15) is 47.2 Å². The van der Waals surface area contributed by atoms with E-state index in [4.69, 9.17) is 16.0 Å². The van der Waals surface area contributed by atoms with Crippen molar-refractivity contribution in [1.29, 1.82) is 0 Å². The average molecular weight is 451 g/mol.